The number of amidine groups is 1. The number of thioether (sulfide) groups is 1. The predicted molar refractivity (Wildman–Crippen MR) is 110 cm³/mol. The fourth-order valence-corrected chi connectivity index (χ4v) is 3.64. The van der Waals surface area contributed by atoms with E-state index in [1.165, 1.54) is 37.4 Å². The van der Waals surface area contributed by atoms with Gasteiger partial charge < -0.3 is 10.6 Å². The Morgan fingerprint density at radius 2 is 2.00 bits per heavy atom. The number of nitrogens with one attached hydrogen (secondary N) is 1. The van der Waals surface area contributed by atoms with Crippen LogP contribution in [0.15, 0.2) is 5.16 Å². The highest BCUT2D eigenvalue weighted by Crippen LogP contribution is 2.29. The minimum absolute atomic E-state index is 0.211. The van der Waals surface area contributed by atoms with E-state index >= 15 is 0 Å². The average molecular weight is 371 g/mol. The van der Waals surface area contributed by atoms with Gasteiger partial charge in [-0.15, -0.1) is 0 Å². The van der Waals surface area contributed by atoms with Crippen molar-refractivity contribution in [2.24, 2.45) is 21.7 Å². The molecule has 0 saturated carbocycles. The van der Waals surface area contributed by atoms with Crippen molar-refractivity contribution in [2.75, 3.05) is 19.7 Å². The fourth-order valence-electron chi connectivity index (χ4n) is 3.04. The van der Waals surface area contributed by atoms with Crippen molar-refractivity contribution >= 4 is 22.0 Å². The number of hydrogen-bond acceptors (Lipinski definition) is 5. The lowest BCUT2D eigenvalue weighted by molar-refractivity contribution is 0.0638. The van der Waals surface area contributed by atoms with Crippen LogP contribution < -0.4 is 5.73 Å². The highest BCUT2D eigenvalue weighted by molar-refractivity contribution is 8.26. The molecule has 1 heterocycles. The Kier molecular flexibility index (Phi) is 8.75. The molecule has 146 valence electrons. The Morgan fingerprint density at radius 1 is 1.32 bits per heavy atom. The van der Waals surface area contributed by atoms with Crippen LogP contribution in [0.25, 0.3) is 0 Å². The first kappa shape index (κ1) is 22.3. The maximum absolute atomic E-state index is 8.00. The van der Waals surface area contributed by atoms with Crippen molar-refractivity contribution in [3.8, 4) is 0 Å². The fraction of sp³-hybridized carbons (Fsp3) is 0.895. The van der Waals surface area contributed by atoms with Gasteiger partial charge in [0.05, 0.1) is 5.04 Å². The van der Waals surface area contributed by atoms with Crippen molar-refractivity contribution in [1.29, 1.82) is 5.41 Å². The number of rotatable bonds is 8. The number of nitrogens with zero attached hydrogens (tertiary/aromatic N) is 2. The van der Waals surface area contributed by atoms with E-state index in [0.717, 1.165) is 19.5 Å². The zero-order valence-electron chi connectivity index (χ0n) is 17.0. The third kappa shape index (κ3) is 8.45. The number of unbranched alkanes of at least 4 members (excludes halogenated alkanes) is 1. The van der Waals surface area contributed by atoms with Gasteiger partial charge >= 0.3 is 0 Å². The maximum atomic E-state index is 8.00. The summed E-state index contributed by atoms with van der Waals surface area (Å²) in [6.07, 6.45) is 6.19. The standard InChI is InChI=1S/C19H38N4OS/c1-7-8-11-19(5,6)14-23-12-9-10-15(23)13-24-22-17(21)25-16(20)18(2,3)4/h15,20H,7-14H2,1-6H3,(H2,21,22). The van der Waals surface area contributed by atoms with Crippen molar-refractivity contribution in [1.82, 2.24) is 4.90 Å². The summed E-state index contributed by atoms with van der Waals surface area (Å²) in [5, 5.41) is 12.8. The second-order valence-corrected chi connectivity index (χ2v) is 9.97. The lowest BCUT2D eigenvalue weighted by Crippen LogP contribution is -2.39. The molecule has 0 radical (unpaired) electrons. The van der Waals surface area contributed by atoms with Crippen LogP contribution in [0.4, 0.5) is 0 Å². The van der Waals surface area contributed by atoms with Crippen LogP contribution in [0, 0.1) is 16.2 Å². The lowest BCUT2D eigenvalue weighted by Gasteiger charge is -2.33. The number of nitrogens with two attached hydrogens (primary N) is 1. The van der Waals surface area contributed by atoms with Crippen molar-refractivity contribution in [3.63, 3.8) is 0 Å². The van der Waals surface area contributed by atoms with Crippen LogP contribution >= 0.6 is 11.8 Å². The van der Waals surface area contributed by atoms with E-state index in [4.69, 9.17) is 16.0 Å². The second kappa shape index (κ2) is 9.81. The summed E-state index contributed by atoms with van der Waals surface area (Å²) in [4.78, 5) is 8.07. The number of hydrogen-bond donors (Lipinski definition) is 2. The Bertz CT molecular complexity index is 457. The van der Waals surface area contributed by atoms with Gasteiger partial charge in [-0.2, -0.15) is 0 Å². The first-order valence-electron chi connectivity index (χ1n) is 9.51. The van der Waals surface area contributed by atoms with Crippen LogP contribution in [0.5, 0.6) is 0 Å². The van der Waals surface area contributed by atoms with Crippen LogP contribution in [0.1, 0.15) is 73.6 Å². The van der Waals surface area contributed by atoms with Gasteiger partial charge in [-0.1, -0.05) is 59.5 Å². The van der Waals surface area contributed by atoms with E-state index < -0.39 is 0 Å². The van der Waals surface area contributed by atoms with E-state index in [-0.39, 0.29) is 5.41 Å². The third-order valence-electron chi connectivity index (χ3n) is 4.65. The van der Waals surface area contributed by atoms with Gasteiger partial charge in [0, 0.05) is 18.0 Å². The van der Waals surface area contributed by atoms with E-state index in [1.807, 2.05) is 20.8 Å². The molecule has 1 atom stereocenters. The van der Waals surface area contributed by atoms with Crippen LogP contribution in [0.2, 0.25) is 0 Å². The zero-order valence-corrected chi connectivity index (χ0v) is 17.8. The summed E-state index contributed by atoms with van der Waals surface area (Å²) in [5.74, 6) is 0. The molecule has 1 unspecified atom stereocenters. The highest BCUT2D eigenvalue weighted by Gasteiger charge is 2.30. The van der Waals surface area contributed by atoms with Gasteiger partial charge in [-0.3, -0.25) is 10.3 Å². The topological polar surface area (TPSA) is 74.7 Å². The van der Waals surface area contributed by atoms with Gasteiger partial charge in [0.2, 0.25) is 5.17 Å². The number of oxime groups is 1. The second-order valence-electron chi connectivity index (χ2n) is 8.94. The molecular formula is C19H38N4OS. The molecule has 0 spiro atoms. The Balaban J connectivity index is 2.45. The molecule has 1 rings (SSSR count). The summed E-state index contributed by atoms with van der Waals surface area (Å²) in [6, 6.07) is 0.421. The average Bonchev–Trinajstić information content (AvgIpc) is 2.90. The van der Waals surface area contributed by atoms with Gasteiger partial charge in [-0.05, 0) is 43.0 Å². The number of likely N-dealkylation sites (tertiary alicyclic amines) is 1. The Hall–Kier alpha value is -0.750. The summed E-state index contributed by atoms with van der Waals surface area (Å²) >= 11 is 1.18. The molecule has 5 nitrogen and oxygen atoms in total. The quantitative estimate of drug-likeness (QED) is 0.370. The molecule has 1 aliphatic heterocycles. The molecule has 0 bridgehead atoms. The van der Waals surface area contributed by atoms with Gasteiger partial charge in [0.1, 0.15) is 6.61 Å². The Morgan fingerprint density at radius 3 is 2.60 bits per heavy atom. The largest absolute Gasteiger partial charge is 0.392 e. The first-order valence-corrected chi connectivity index (χ1v) is 10.3. The smallest absolute Gasteiger partial charge is 0.203 e. The van der Waals surface area contributed by atoms with E-state index in [1.54, 1.807) is 0 Å². The minimum Gasteiger partial charge on any atom is -0.392 e. The molecule has 1 aliphatic rings. The van der Waals surface area contributed by atoms with E-state index in [9.17, 15) is 0 Å². The maximum Gasteiger partial charge on any atom is 0.203 e. The summed E-state index contributed by atoms with van der Waals surface area (Å²) in [7, 11) is 0. The SMILES string of the molecule is CCCCC(C)(C)CN1CCCC1CO/N=C(/N)SC(=N)C(C)(C)C. The molecule has 6 heteroatoms. The molecule has 0 aromatic rings. The van der Waals surface area contributed by atoms with Crippen molar-refractivity contribution in [2.45, 2.75) is 79.7 Å². The van der Waals surface area contributed by atoms with Crippen LogP contribution in [-0.4, -0.2) is 40.8 Å². The van der Waals surface area contributed by atoms with Gasteiger partial charge in [0.25, 0.3) is 0 Å². The van der Waals surface area contributed by atoms with Crippen LogP contribution in [-0.2, 0) is 4.84 Å². The molecule has 3 N–H and O–H groups in total. The molecule has 0 aromatic carbocycles. The molecule has 1 fully saturated rings. The van der Waals surface area contributed by atoms with Gasteiger partial charge in [-0.25, -0.2) is 0 Å². The normalized spacial score (nSPS) is 20.1. The zero-order chi connectivity index (χ0) is 19.1. The summed E-state index contributed by atoms with van der Waals surface area (Å²) < 4.78 is 0. The van der Waals surface area contributed by atoms with E-state index in [0.29, 0.717) is 28.3 Å². The monoisotopic (exact) mass is 370 g/mol. The van der Waals surface area contributed by atoms with Crippen molar-refractivity contribution in [3.05, 3.63) is 0 Å². The van der Waals surface area contributed by atoms with Crippen molar-refractivity contribution < 1.29 is 4.84 Å². The van der Waals surface area contributed by atoms with Crippen LogP contribution in [0.3, 0.4) is 0 Å². The molecule has 25 heavy (non-hydrogen) atoms. The third-order valence-corrected chi connectivity index (χ3v) is 5.75. The molecule has 0 aromatic heterocycles. The van der Waals surface area contributed by atoms with Gasteiger partial charge in [0.15, 0.2) is 0 Å². The molecule has 0 amide bonds. The Labute approximate surface area is 158 Å². The molecular weight excluding hydrogens is 332 g/mol. The summed E-state index contributed by atoms with van der Waals surface area (Å²) in [5.41, 5.74) is 6.02. The molecule has 1 saturated heterocycles. The highest BCUT2D eigenvalue weighted by atomic mass is 32.2. The molecule has 0 aliphatic carbocycles. The summed E-state index contributed by atoms with van der Waals surface area (Å²) in [6.45, 7) is 15.8. The van der Waals surface area contributed by atoms with E-state index in [2.05, 4.69) is 30.8 Å². The minimum atomic E-state index is -0.211. The first-order chi connectivity index (χ1) is 11.5. The lowest BCUT2D eigenvalue weighted by atomic mass is 9.86. The predicted octanol–water partition coefficient (Wildman–Crippen LogP) is 4.67.